The van der Waals surface area contributed by atoms with Crippen LogP contribution in [0.2, 0.25) is 25.7 Å². The largest absolute Gasteiger partial charge is 0.465 e. The summed E-state index contributed by atoms with van der Waals surface area (Å²) in [4.78, 5) is 13.3. The van der Waals surface area contributed by atoms with Crippen molar-refractivity contribution in [2.24, 2.45) is 0 Å². The molecule has 1 heterocycles. The quantitative estimate of drug-likeness (QED) is 0.386. The van der Waals surface area contributed by atoms with Gasteiger partial charge in [-0.15, -0.1) is 0 Å². The van der Waals surface area contributed by atoms with E-state index in [4.69, 9.17) is 9.05 Å². The lowest BCUT2D eigenvalue weighted by Gasteiger charge is -2.30. The van der Waals surface area contributed by atoms with Gasteiger partial charge in [0.25, 0.3) is 0 Å². The summed E-state index contributed by atoms with van der Waals surface area (Å²) in [6, 6.07) is 9.34. The number of rotatable bonds is 8. The topological polar surface area (TPSA) is 75.8 Å². The van der Waals surface area contributed by atoms with Crippen molar-refractivity contribution in [2.45, 2.75) is 50.9 Å². The zero-order valence-corrected chi connectivity index (χ0v) is 17.5. The summed E-state index contributed by atoms with van der Waals surface area (Å²) in [5.41, 5.74) is 0.822. The molecule has 1 aromatic rings. The highest BCUT2D eigenvalue weighted by molar-refractivity contribution is 7.56. The van der Waals surface area contributed by atoms with Gasteiger partial charge in [-0.2, -0.15) is 0 Å². The van der Waals surface area contributed by atoms with Crippen molar-refractivity contribution in [3.05, 3.63) is 35.9 Å². The first kappa shape index (κ1) is 20.2. The minimum absolute atomic E-state index is 0.208. The predicted octanol–water partition coefficient (Wildman–Crippen LogP) is 5.02. The summed E-state index contributed by atoms with van der Waals surface area (Å²) in [7, 11) is -5.46. The molecule has 2 atom stereocenters. The van der Waals surface area contributed by atoms with Gasteiger partial charge in [0.2, 0.25) is 0 Å². The Labute approximate surface area is 150 Å². The molecule has 0 spiro atoms. The molecule has 1 amide bonds. The molecule has 1 aliphatic heterocycles. The Hall–Kier alpha value is -1.14. The third kappa shape index (κ3) is 3.70. The molecule has 0 aliphatic carbocycles. The fraction of sp³-hybridized carbons (Fsp3) is 0.588. The number of amides is 1. The van der Waals surface area contributed by atoms with Crippen LogP contribution >= 0.6 is 7.60 Å². The van der Waals surface area contributed by atoms with Gasteiger partial charge in [0, 0.05) is 8.07 Å². The molecular formula is C17H28NO5PSi. The zero-order valence-electron chi connectivity index (χ0n) is 15.6. The number of carbonyl (C=O) groups is 1. The van der Waals surface area contributed by atoms with Gasteiger partial charge in [-0.25, -0.2) is 4.79 Å². The van der Waals surface area contributed by atoms with E-state index in [-0.39, 0.29) is 13.2 Å². The SMILES string of the molecule is CCOP(=O)(OCC)C1(C[Si](C)(C)C)C(c2ccccc2)N1C(=O)O. The normalized spacial score (nSPS) is 23.6. The average molecular weight is 385 g/mol. The van der Waals surface area contributed by atoms with Crippen molar-refractivity contribution >= 4 is 21.8 Å². The van der Waals surface area contributed by atoms with Crippen molar-refractivity contribution in [2.75, 3.05) is 13.2 Å². The Kier molecular flexibility index (Phi) is 5.84. The van der Waals surface area contributed by atoms with Crippen molar-refractivity contribution < 1.29 is 23.5 Å². The maximum Gasteiger partial charge on any atom is 0.409 e. The van der Waals surface area contributed by atoms with Crippen molar-refractivity contribution in [3.8, 4) is 0 Å². The van der Waals surface area contributed by atoms with Gasteiger partial charge in [-0.3, -0.25) is 9.46 Å². The summed E-state index contributed by atoms with van der Waals surface area (Å²) >= 11 is 0. The lowest BCUT2D eigenvalue weighted by atomic mass is 10.1. The van der Waals surface area contributed by atoms with Crippen molar-refractivity contribution in [3.63, 3.8) is 0 Å². The predicted molar refractivity (Wildman–Crippen MR) is 101 cm³/mol. The first-order chi connectivity index (χ1) is 11.6. The van der Waals surface area contributed by atoms with Crippen LogP contribution in [-0.4, -0.2) is 42.7 Å². The molecule has 140 valence electrons. The second kappa shape index (κ2) is 7.23. The van der Waals surface area contributed by atoms with Crippen LogP contribution in [0.1, 0.15) is 25.5 Å². The first-order valence-electron chi connectivity index (χ1n) is 8.59. The van der Waals surface area contributed by atoms with E-state index in [0.717, 1.165) is 5.56 Å². The second-order valence-electron chi connectivity index (χ2n) is 7.41. The fourth-order valence-corrected chi connectivity index (χ4v) is 9.89. The number of benzene rings is 1. The van der Waals surface area contributed by atoms with Gasteiger partial charge in [-0.1, -0.05) is 50.0 Å². The average Bonchev–Trinajstić information content (AvgIpc) is 3.17. The number of nitrogens with zero attached hydrogens (tertiary/aromatic N) is 1. The smallest absolute Gasteiger partial charge is 0.409 e. The zero-order chi connectivity index (χ0) is 18.9. The molecule has 1 aliphatic rings. The summed E-state index contributed by atoms with van der Waals surface area (Å²) in [5, 5.41) is 8.68. The number of carboxylic acid groups (broad SMARTS) is 1. The van der Waals surface area contributed by atoms with E-state index in [1.165, 1.54) is 4.90 Å². The van der Waals surface area contributed by atoms with Gasteiger partial charge in [0.1, 0.15) is 0 Å². The second-order valence-corrected chi connectivity index (χ2v) is 15.2. The highest BCUT2D eigenvalue weighted by Gasteiger charge is 2.77. The fourth-order valence-electron chi connectivity index (χ4n) is 3.59. The first-order valence-corrected chi connectivity index (χ1v) is 13.8. The number of hydrogen-bond acceptors (Lipinski definition) is 4. The van der Waals surface area contributed by atoms with Gasteiger partial charge in [0.05, 0.1) is 19.3 Å². The summed E-state index contributed by atoms with van der Waals surface area (Å²) < 4.78 is 25.0. The lowest BCUT2D eigenvalue weighted by molar-refractivity contribution is 0.165. The van der Waals surface area contributed by atoms with Crippen LogP contribution in [0.15, 0.2) is 30.3 Å². The minimum Gasteiger partial charge on any atom is -0.465 e. The Balaban J connectivity index is 2.62. The Morgan fingerprint density at radius 2 is 1.72 bits per heavy atom. The van der Waals surface area contributed by atoms with E-state index >= 15 is 0 Å². The Morgan fingerprint density at radius 3 is 2.12 bits per heavy atom. The molecule has 1 fully saturated rings. The molecule has 8 heteroatoms. The summed E-state index contributed by atoms with van der Waals surface area (Å²) in [5.74, 6) is 0. The molecule has 0 saturated carbocycles. The minimum atomic E-state index is -3.66. The molecule has 1 N–H and O–H groups in total. The molecule has 1 aromatic carbocycles. The van der Waals surface area contributed by atoms with Crippen LogP contribution in [0.3, 0.4) is 0 Å². The molecular weight excluding hydrogens is 357 g/mol. The molecule has 2 rings (SSSR count). The van der Waals surface area contributed by atoms with Crippen LogP contribution in [-0.2, 0) is 13.6 Å². The number of hydrogen-bond donors (Lipinski definition) is 1. The van der Waals surface area contributed by atoms with E-state index in [0.29, 0.717) is 6.04 Å². The van der Waals surface area contributed by atoms with Crippen LogP contribution in [0, 0.1) is 0 Å². The third-order valence-corrected chi connectivity index (χ3v) is 8.89. The highest BCUT2D eigenvalue weighted by atomic mass is 31.2. The maximum atomic E-state index is 13.7. The standard InChI is InChI=1S/C17H28NO5PSi/c1-6-22-24(21,23-7-2)17(13-25(3,4)5)15(18(17)16(19)20)14-11-9-8-10-12-14/h8-12,15H,6-7,13H2,1-5H3,(H,19,20). The van der Waals surface area contributed by atoms with E-state index in [2.05, 4.69) is 19.6 Å². The van der Waals surface area contributed by atoms with Crippen LogP contribution in [0.5, 0.6) is 0 Å². The lowest BCUT2D eigenvalue weighted by Crippen LogP contribution is -2.34. The summed E-state index contributed by atoms with van der Waals surface area (Å²) in [6.07, 6.45) is -1.09. The molecule has 0 bridgehead atoms. The van der Waals surface area contributed by atoms with Crippen LogP contribution < -0.4 is 0 Å². The van der Waals surface area contributed by atoms with Crippen molar-refractivity contribution in [1.29, 1.82) is 0 Å². The molecule has 0 radical (unpaired) electrons. The Bertz CT molecular complexity index is 653. The third-order valence-electron chi connectivity index (χ3n) is 4.23. The molecule has 2 unspecified atom stereocenters. The molecule has 0 aromatic heterocycles. The van der Waals surface area contributed by atoms with E-state index in [1.807, 2.05) is 30.3 Å². The summed E-state index contributed by atoms with van der Waals surface area (Å²) in [6.45, 7) is 10.3. The van der Waals surface area contributed by atoms with Crippen LogP contribution in [0.25, 0.3) is 0 Å². The van der Waals surface area contributed by atoms with Crippen LogP contribution in [0.4, 0.5) is 4.79 Å². The van der Waals surface area contributed by atoms with E-state index in [9.17, 15) is 14.5 Å². The van der Waals surface area contributed by atoms with E-state index < -0.39 is 33.1 Å². The Morgan fingerprint density at radius 1 is 1.20 bits per heavy atom. The van der Waals surface area contributed by atoms with E-state index in [1.54, 1.807) is 13.8 Å². The monoisotopic (exact) mass is 385 g/mol. The highest BCUT2D eigenvalue weighted by Crippen LogP contribution is 2.78. The van der Waals surface area contributed by atoms with Gasteiger partial charge in [-0.05, 0) is 25.5 Å². The molecule has 6 nitrogen and oxygen atoms in total. The van der Waals surface area contributed by atoms with Gasteiger partial charge >= 0.3 is 13.7 Å². The molecule has 1 saturated heterocycles. The van der Waals surface area contributed by atoms with Gasteiger partial charge < -0.3 is 14.2 Å². The van der Waals surface area contributed by atoms with Crippen molar-refractivity contribution in [1.82, 2.24) is 4.90 Å². The van der Waals surface area contributed by atoms with Gasteiger partial charge in [0.15, 0.2) is 5.28 Å². The molecule has 25 heavy (non-hydrogen) atoms. The maximum absolute atomic E-state index is 13.7.